The highest BCUT2D eigenvalue weighted by Gasteiger charge is 2.16. The van der Waals surface area contributed by atoms with E-state index < -0.39 is 0 Å². The van der Waals surface area contributed by atoms with E-state index in [1.165, 1.54) is 0 Å². The second-order valence-corrected chi connectivity index (χ2v) is 4.36. The lowest BCUT2D eigenvalue weighted by atomic mass is 10.3. The lowest BCUT2D eigenvalue weighted by Crippen LogP contribution is -2.44. The van der Waals surface area contributed by atoms with E-state index in [0.717, 1.165) is 55.8 Å². The van der Waals surface area contributed by atoms with Crippen molar-refractivity contribution in [1.82, 2.24) is 9.97 Å². The van der Waals surface area contributed by atoms with Crippen LogP contribution in [0.2, 0.25) is 5.28 Å². The molecule has 1 saturated heterocycles. The molecule has 0 amide bonds. The summed E-state index contributed by atoms with van der Waals surface area (Å²) in [5.41, 5.74) is 0. The summed E-state index contributed by atoms with van der Waals surface area (Å²) in [4.78, 5) is 15.2. The molecule has 0 N–H and O–H groups in total. The normalized spacial score (nSPS) is 19.2. The quantitative estimate of drug-likeness (QED) is 0.648. The molecule has 90 valence electrons. The minimum Gasteiger partial charge on any atom is -0.378 e. The summed E-state index contributed by atoms with van der Waals surface area (Å²) in [6, 6.07) is 0. The second-order valence-electron chi connectivity index (χ2n) is 4.02. The fourth-order valence-corrected chi connectivity index (χ4v) is 2.27. The fraction of sp³-hybridized carbons (Fsp3) is 0.545. The van der Waals surface area contributed by atoms with Gasteiger partial charge in [-0.3, -0.25) is 4.99 Å². The summed E-state index contributed by atoms with van der Waals surface area (Å²) in [7, 11) is 0. The molecule has 3 heterocycles. The van der Waals surface area contributed by atoms with Crippen molar-refractivity contribution < 1.29 is 4.74 Å². The van der Waals surface area contributed by atoms with Crippen LogP contribution in [0, 0.1) is 0 Å². The van der Waals surface area contributed by atoms with E-state index in [4.69, 9.17) is 16.3 Å². The third-order valence-corrected chi connectivity index (χ3v) is 3.08. The van der Waals surface area contributed by atoms with Gasteiger partial charge in [0.2, 0.25) is 5.28 Å². The minimum atomic E-state index is 0.290. The summed E-state index contributed by atoms with van der Waals surface area (Å²) in [6.07, 6.45) is 2.99. The Bertz CT molecular complexity index is 539. The van der Waals surface area contributed by atoms with Gasteiger partial charge in [-0.05, 0) is 18.0 Å². The van der Waals surface area contributed by atoms with Crippen LogP contribution in [-0.2, 0) is 4.74 Å². The Kier molecular flexibility index (Phi) is 2.94. The molecule has 1 aromatic rings. The second kappa shape index (κ2) is 4.58. The van der Waals surface area contributed by atoms with Crippen molar-refractivity contribution in [2.75, 3.05) is 37.7 Å². The molecule has 5 nitrogen and oxygen atoms in total. The minimum absolute atomic E-state index is 0.290. The van der Waals surface area contributed by atoms with Gasteiger partial charge in [0.05, 0.1) is 18.6 Å². The van der Waals surface area contributed by atoms with E-state index in [1.54, 1.807) is 0 Å². The first kappa shape index (κ1) is 10.9. The van der Waals surface area contributed by atoms with Crippen LogP contribution in [0.5, 0.6) is 0 Å². The number of nitrogens with zero attached hydrogens (tertiary/aromatic N) is 4. The number of hydrogen-bond donors (Lipinski definition) is 0. The van der Waals surface area contributed by atoms with Crippen molar-refractivity contribution in [2.24, 2.45) is 4.99 Å². The zero-order chi connectivity index (χ0) is 11.7. The van der Waals surface area contributed by atoms with Crippen molar-refractivity contribution in [3.63, 3.8) is 0 Å². The van der Waals surface area contributed by atoms with Gasteiger partial charge >= 0.3 is 0 Å². The van der Waals surface area contributed by atoms with Crippen molar-refractivity contribution in [3.05, 3.63) is 16.0 Å². The Morgan fingerprint density at radius 1 is 1.24 bits per heavy atom. The molecule has 0 atom stereocenters. The molecule has 6 heteroatoms. The highest BCUT2D eigenvalue weighted by atomic mass is 35.5. The molecule has 2 aliphatic rings. The van der Waals surface area contributed by atoms with E-state index in [-0.39, 0.29) is 0 Å². The molecule has 0 unspecified atom stereocenters. The average molecular weight is 253 g/mol. The van der Waals surface area contributed by atoms with Crippen LogP contribution in [0.15, 0.2) is 4.99 Å². The number of morpholine rings is 1. The third kappa shape index (κ3) is 2.12. The van der Waals surface area contributed by atoms with Crippen molar-refractivity contribution in [3.8, 4) is 0 Å². The molecule has 0 spiro atoms. The monoisotopic (exact) mass is 252 g/mol. The molecular weight excluding hydrogens is 240 g/mol. The van der Waals surface area contributed by atoms with Crippen LogP contribution in [0.25, 0.3) is 6.08 Å². The summed E-state index contributed by atoms with van der Waals surface area (Å²) in [5, 5.41) is 2.03. The Morgan fingerprint density at radius 2 is 2.06 bits per heavy atom. The number of fused-ring (bicyclic) bond motifs is 1. The molecule has 0 aliphatic carbocycles. The maximum Gasteiger partial charge on any atom is 0.225 e. The molecule has 17 heavy (non-hydrogen) atoms. The maximum absolute atomic E-state index is 5.96. The van der Waals surface area contributed by atoms with E-state index in [2.05, 4.69) is 25.9 Å². The van der Waals surface area contributed by atoms with Gasteiger partial charge in [0.1, 0.15) is 5.36 Å². The largest absolute Gasteiger partial charge is 0.378 e. The van der Waals surface area contributed by atoms with Crippen LogP contribution >= 0.6 is 11.6 Å². The summed E-state index contributed by atoms with van der Waals surface area (Å²) in [5.74, 6) is 0.847. The molecular formula is C11H13ClN4O. The molecule has 3 rings (SSSR count). The van der Waals surface area contributed by atoms with Crippen LogP contribution < -0.4 is 15.6 Å². The number of aromatic nitrogens is 2. The number of rotatable bonds is 1. The van der Waals surface area contributed by atoms with Crippen molar-refractivity contribution in [2.45, 2.75) is 6.42 Å². The van der Waals surface area contributed by atoms with Gasteiger partial charge in [-0.2, -0.15) is 4.98 Å². The predicted octanol–water partition coefficient (Wildman–Crippen LogP) is -0.230. The van der Waals surface area contributed by atoms with Crippen molar-refractivity contribution in [1.29, 1.82) is 0 Å². The fourth-order valence-electron chi connectivity index (χ4n) is 2.10. The molecule has 1 aromatic heterocycles. The summed E-state index contributed by atoms with van der Waals surface area (Å²) in [6.45, 7) is 3.90. The van der Waals surface area contributed by atoms with Gasteiger partial charge in [-0.1, -0.05) is 6.08 Å². The molecule has 1 fully saturated rings. The average Bonchev–Trinajstić information content (AvgIpc) is 2.39. The first-order valence-corrected chi connectivity index (χ1v) is 6.13. The van der Waals surface area contributed by atoms with Gasteiger partial charge < -0.3 is 9.64 Å². The van der Waals surface area contributed by atoms with Gasteiger partial charge in [-0.25, -0.2) is 4.98 Å². The van der Waals surface area contributed by atoms with E-state index >= 15 is 0 Å². The Balaban J connectivity index is 2.12. The smallest absolute Gasteiger partial charge is 0.225 e. The summed E-state index contributed by atoms with van der Waals surface area (Å²) >= 11 is 5.96. The maximum atomic E-state index is 5.96. The van der Waals surface area contributed by atoms with Gasteiger partial charge in [0.25, 0.3) is 0 Å². The Labute approximate surface area is 104 Å². The van der Waals surface area contributed by atoms with Crippen molar-refractivity contribution >= 4 is 23.5 Å². The van der Waals surface area contributed by atoms with Gasteiger partial charge in [-0.15, -0.1) is 0 Å². The molecule has 0 aromatic carbocycles. The van der Waals surface area contributed by atoms with E-state index in [9.17, 15) is 0 Å². The highest BCUT2D eigenvalue weighted by Crippen LogP contribution is 2.09. The molecule has 0 bridgehead atoms. The van der Waals surface area contributed by atoms with Crippen LogP contribution in [0.1, 0.15) is 6.42 Å². The lowest BCUT2D eigenvalue weighted by Gasteiger charge is -2.28. The summed E-state index contributed by atoms with van der Waals surface area (Å²) < 4.78 is 5.34. The molecule has 2 aliphatic heterocycles. The SMILES string of the molecule is Clc1nc(N2CCOCC2)c2c(n1)=CCCN=2. The zero-order valence-corrected chi connectivity index (χ0v) is 10.2. The standard InChI is InChI=1S/C11H13ClN4O/c12-11-14-8-2-1-3-13-9(8)10(15-11)16-4-6-17-7-5-16/h2H,1,3-7H2. The number of ether oxygens (including phenoxy) is 1. The van der Waals surface area contributed by atoms with Gasteiger partial charge in [0.15, 0.2) is 5.82 Å². The number of hydrogen-bond acceptors (Lipinski definition) is 5. The van der Waals surface area contributed by atoms with Crippen LogP contribution in [-0.4, -0.2) is 42.8 Å². The third-order valence-electron chi connectivity index (χ3n) is 2.91. The topological polar surface area (TPSA) is 50.6 Å². The van der Waals surface area contributed by atoms with Crippen LogP contribution in [0.3, 0.4) is 0 Å². The number of anilines is 1. The first-order chi connectivity index (χ1) is 8.34. The predicted molar refractivity (Wildman–Crippen MR) is 64.8 cm³/mol. The molecule has 0 saturated carbocycles. The zero-order valence-electron chi connectivity index (χ0n) is 9.40. The molecule has 0 radical (unpaired) electrons. The lowest BCUT2D eigenvalue weighted by molar-refractivity contribution is 0.122. The van der Waals surface area contributed by atoms with Gasteiger partial charge in [0, 0.05) is 19.6 Å². The van der Waals surface area contributed by atoms with E-state index in [0.29, 0.717) is 5.28 Å². The Hall–Kier alpha value is -1.20. The highest BCUT2D eigenvalue weighted by molar-refractivity contribution is 6.28. The van der Waals surface area contributed by atoms with E-state index in [1.807, 2.05) is 0 Å². The van der Waals surface area contributed by atoms with Crippen LogP contribution in [0.4, 0.5) is 5.82 Å². The Morgan fingerprint density at radius 3 is 2.88 bits per heavy atom. The first-order valence-electron chi connectivity index (χ1n) is 5.75. The number of halogens is 1.